The Bertz CT molecular complexity index is 712. The van der Waals surface area contributed by atoms with E-state index >= 15 is 0 Å². The summed E-state index contributed by atoms with van der Waals surface area (Å²) in [6.45, 7) is 2.93. The number of aryl methyl sites for hydroxylation is 2. The number of hydrogen-bond donors (Lipinski definition) is 0. The van der Waals surface area contributed by atoms with Crippen LogP contribution >= 0.6 is 15.9 Å². The van der Waals surface area contributed by atoms with Crippen LogP contribution in [0.2, 0.25) is 0 Å². The van der Waals surface area contributed by atoms with Crippen molar-refractivity contribution in [1.82, 2.24) is 24.5 Å². The van der Waals surface area contributed by atoms with Gasteiger partial charge in [0, 0.05) is 29.0 Å². The fourth-order valence-electron chi connectivity index (χ4n) is 2.11. The van der Waals surface area contributed by atoms with Crippen LogP contribution in [0.4, 0.5) is 0 Å². The predicted octanol–water partition coefficient (Wildman–Crippen LogP) is 2.61. The van der Waals surface area contributed by atoms with Crippen molar-refractivity contribution in [3.05, 3.63) is 29.1 Å². The molecule has 0 amide bonds. The highest BCUT2D eigenvalue weighted by Gasteiger charge is 2.11. The quantitative estimate of drug-likeness (QED) is 0.731. The zero-order chi connectivity index (χ0) is 12.7. The van der Waals surface area contributed by atoms with Crippen molar-refractivity contribution in [3.8, 4) is 11.4 Å². The van der Waals surface area contributed by atoms with E-state index in [1.807, 2.05) is 22.5 Å². The van der Waals surface area contributed by atoms with Gasteiger partial charge in [-0.05, 0) is 35.0 Å². The van der Waals surface area contributed by atoms with Gasteiger partial charge in [0.05, 0.1) is 11.7 Å². The van der Waals surface area contributed by atoms with E-state index in [0.717, 1.165) is 33.3 Å². The Labute approximate surface area is 113 Å². The van der Waals surface area contributed by atoms with E-state index in [-0.39, 0.29) is 0 Å². The van der Waals surface area contributed by atoms with E-state index in [2.05, 4.69) is 50.3 Å². The van der Waals surface area contributed by atoms with Crippen molar-refractivity contribution in [2.24, 2.45) is 7.05 Å². The largest absolute Gasteiger partial charge is 0.314 e. The Morgan fingerprint density at radius 1 is 1.33 bits per heavy atom. The van der Waals surface area contributed by atoms with Crippen LogP contribution < -0.4 is 0 Å². The maximum atomic E-state index is 4.27. The van der Waals surface area contributed by atoms with Gasteiger partial charge in [-0.1, -0.05) is 0 Å². The normalized spacial score (nSPS) is 11.3. The predicted molar refractivity (Wildman–Crippen MR) is 73.1 cm³/mol. The molecule has 6 heteroatoms. The lowest BCUT2D eigenvalue weighted by Gasteiger charge is -2.05. The summed E-state index contributed by atoms with van der Waals surface area (Å²) in [5, 5.41) is 13.5. The number of halogens is 1. The Morgan fingerprint density at radius 3 is 2.94 bits per heavy atom. The molecule has 18 heavy (non-hydrogen) atoms. The van der Waals surface area contributed by atoms with Crippen LogP contribution in [0.25, 0.3) is 22.3 Å². The van der Waals surface area contributed by atoms with Gasteiger partial charge in [0.15, 0.2) is 5.82 Å². The minimum absolute atomic E-state index is 0.852. The molecule has 2 heterocycles. The smallest absolute Gasteiger partial charge is 0.163 e. The molecule has 0 spiro atoms. The van der Waals surface area contributed by atoms with Crippen molar-refractivity contribution in [2.75, 3.05) is 0 Å². The molecule has 0 radical (unpaired) electrons. The Morgan fingerprint density at radius 2 is 2.17 bits per heavy atom. The number of fused-ring (bicyclic) bond motifs is 1. The second-order valence-electron chi connectivity index (χ2n) is 4.10. The van der Waals surface area contributed by atoms with Crippen LogP contribution in [0.3, 0.4) is 0 Å². The van der Waals surface area contributed by atoms with Crippen LogP contribution in [0.1, 0.15) is 6.92 Å². The zero-order valence-corrected chi connectivity index (χ0v) is 11.7. The fraction of sp³-hybridized carbons (Fsp3) is 0.250. The maximum Gasteiger partial charge on any atom is 0.163 e. The summed E-state index contributed by atoms with van der Waals surface area (Å²) in [6, 6.07) is 4.14. The van der Waals surface area contributed by atoms with Crippen LogP contribution in [0.15, 0.2) is 29.1 Å². The van der Waals surface area contributed by atoms with Crippen LogP contribution in [0, 0.1) is 0 Å². The van der Waals surface area contributed by atoms with Crippen molar-refractivity contribution in [3.63, 3.8) is 0 Å². The summed E-state index contributed by atoms with van der Waals surface area (Å²) in [7, 11) is 1.93. The number of aromatic nitrogens is 5. The lowest BCUT2D eigenvalue weighted by molar-refractivity contribution is 0.767. The van der Waals surface area contributed by atoms with Gasteiger partial charge < -0.3 is 4.57 Å². The first-order chi connectivity index (χ1) is 8.70. The summed E-state index contributed by atoms with van der Waals surface area (Å²) in [6.07, 6.45) is 3.60. The van der Waals surface area contributed by atoms with Crippen molar-refractivity contribution in [2.45, 2.75) is 13.5 Å². The van der Waals surface area contributed by atoms with Gasteiger partial charge in [-0.25, -0.2) is 0 Å². The fourth-order valence-corrected chi connectivity index (χ4v) is 2.84. The van der Waals surface area contributed by atoms with Crippen molar-refractivity contribution < 1.29 is 0 Å². The molecule has 3 rings (SSSR count). The van der Waals surface area contributed by atoms with Crippen LogP contribution in [0.5, 0.6) is 0 Å². The first-order valence-electron chi connectivity index (χ1n) is 5.70. The molecule has 0 atom stereocenters. The molecule has 0 fully saturated rings. The standard InChI is InChI=1S/C12H12BrN5/c1-3-18-7-14-16-12(18)8-4-9-6-15-17(2)11(9)10(13)5-8/h4-7H,3H2,1-2H3. The lowest BCUT2D eigenvalue weighted by Crippen LogP contribution is -1.96. The van der Waals surface area contributed by atoms with Crippen LogP contribution in [-0.4, -0.2) is 24.5 Å². The van der Waals surface area contributed by atoms with Gasteiger partial charge >= 0.3 is 0 Å². The Hall–Kier alpha value is -1.69. The SMILES string of the molecule is CCn1cnnc1-c1cc(Br)c2c(cnn2C)c1. The highest BCUT2D eigenvalue weighted by molar-refractivity contribution is 9.10. The summed E-state index contributed by atoms with van der Waals surface area (Å²) in [5.41, 5.74) is 2.13. The van der Waals surface area contributed by atoms with E-state index in [4.69, 9.17) is 0 Å². The summed E-state index contributed by atoms with van der Waals surface area (Å²) < 4.78 is 4.89. The molecule has 0 saturated heterocycles. The maximum absolute atomic E-state index is 4.27. The second-order valence-corrected chi connectivity index (χ2v) is 4.96. The van der Waals surface area contributed by atoms with E-state index in [9.17, 15) is 0 Å². The Kier molecular flexibility index (Phi) is 2.66. The molecule has 0 aliphatic rings. The van der Waals surface area contributed by atoms with E-state index in [0.29, 0.717) is 0 Å². The molecular formula is C12H12BrN5. The molecule has 0 unspecified atom stereocenters. The lowest BCUT2D eigenvalue weighted by atomic mass is 10.1. The van der Waals surface area contributed by atoms with Gasteiger partial charge in [0.25, 0.3) is 0 Å². The molecule has 0 N–H and O–H groups in total. The summed E-state index contributed by atoms with van der Waals surface area (Å²) in [5.74, 6) is 0.879. The van der Waals surface area contributed by atoms with E-state index in [1.54, 1.807) is 6.33 Å². The molecule has 2 aromatic heterocycles. The third-order valence-electron chi connectivity index (χ3n) is 3.00. The zero-order valence-electron chi connectivity index (χ0n) is 10.1. The summed E-state index contributed by atoms with van der Waals surface area (Å²) in [4.78, 5) is 0. The minimum atomic E-state index is 0.852. The minimum Gasteiger partial charge on any atom is -0.314 e. The van der Waals surface area contributed by atoms with Crippen LogP contribution in [-0.2, 0) is 13.6 Å². The monoisotopic (exact) mass is 305 g/mol. The van der Waals surface area contributed by atoms with Gasteiger partial charge in [-0.2, -0.15) is 5.10 Å². The van der Waals surface area contributed by atoms with E-state index in [1.165, 1.54) is 0 Å². The number of hydrogen-bond acceptors (Lipinski definition) is 3. The number of nitrogens with zero attached hydrogens (tertiary/aromatic N) is 5. The summed E-state index contributed by atoms with van der Waals surface area (Å²) >= 11 is 3.59. The number of rotatable bonds is 2. The first-order valence-corrected chi connectivity index (χ1v) is 6.49. The third kappa shape index (κ3) is 1.64. The number of benzene rings is 1. The van der Waals surface area contributed by atoms with Crippen molar-refractivity contribution >= 4 is 26.8 Å². The molecule has 92 valence electrons. The molecule has 0 saturated carbocycles. The molecular weight excluding hydrogens is 294 g/mol. The van der Waals surface area contributed by atoms with Gasteiger partial charge in [-0.15, -0.1) is 10.2 Å². The van der Waals surface area contributed by atoms with Gasteiger partial charge in [0.2, 0.25) is 0 Å². The third-order valence-corrected chi connectivity index (χ3v) is 3.61. The van der Waals surface area contributed by atoms with E-state index < -0.39 is 0 Å². The second kappa shape index (κ2) is 4.20. The highest BCUT2D eigenvalue weighted by Crippen LogP contribution is 2.29. The molecule has 0 bridgehead atoms. The molecule has 0 aliphatic carbocycles. The first kappa shape index (κ1) is 11.4. The molecule has 5 nitrogen and oxygen atoms in total. The molecule has 3 aromatic rings. The van der Waals surface area contributed by atoms with Gasteiger partial charge in [-0.3, -0.25) is 4.68 Å². The average molecular weight is 306 g/mol. The highest BCUT2D eigenvalue weighted by atomic mass is 79.9. The average Bonchev–Trinajstić information content (AvgIpc) is 2.95. The van der Waals surface area contributed by atoms with Crippen molar-refractivity contribution in [1.29, 1.82) is 0 Å². The topological polar surface area (TPSA) is 48.5 Å². The van der Waals surface area contributed by atoms with Gasteiger partial charge in [0.1, 0.15) is 6.33 Å². The molecule has 0 aliphatic heterocycles. The molecule has 1 aromatic carbocycles. The Balaban J connectivity index is 2.25.